The van der Waals surface area contributed by atoms with Crippen LogP contribution in [0.2, 0.25) is 0 Å². The van der Waals surface area contributed by atoms with Gasteiger partial charge in [-0.1, -0.05) is 31.2 Å². The van der Waals surface area contributed by atoms with E-state index in [1.54, 1.807) is 6.20 Å². The molecule has 132 valence electrons. The van der Waals surface area contributed by atoms with Crippen LogP contribution in [0.25, 0.3) is 0 Å². The van der Waals surface area contributed by atoms with Crippen molar-refractivity contribution in [2.75, 3.05) is 18.0 Å². The van der Waals surface area contributed by atoms with Crippen LogP contribution in [0.4, 0.5) is 5.69 Å². The zero-order chi connectivity index (χ0) is 17.5. The summed E-state index contributed by atoms with van der Waals surface area (Å²) < 4.78 is 0. The molecular formula is C21H27N3O. The number of pyridine rings is 1. The molecule has 0 saturated carbocycles. The number of anilines is 1. The first kappa shape index (κ1) is 17.6. The number of carbonyl (C=O) groups is 1. The molecule has 1 aliphatic rings. The summed E-state index contributed by atoms with van der Waals surface area (Å²) in [7, 11) is 0. The van der Waals surface area contributed by atoms with Gasteiger partial charge < -0.3 is 10.2 Å². The number of aromatic nitrogens is 1. The zero-order valence-corrected chi connectivity index (χ0v) is 14.9. The van der Waals surface area contributed by atoms with Gasteiger partial charge in [0.05, 0.1) is 0 Å². The maximum absolute atomic E-state index is 12.9. The topological polar surface area (TPSA) is 45.2 Å². The van der Waals surface area contributed by atoms with Gasteiger partial charge in [-0.3, -0.25) is 9.78 Å². The Morgan fingerprint density at radius 3 is 2.76 bits per heavy atom. The number of nitrogens with one attached hydrogen (secondary N) is 1. The Bertz CT molecular complexity index is 653. The summed E-state index contributed by atoms with van der Waals surface area (Å²) in [5.74, 6) is 0.635. The lowest BCUT2D eigenvalue weighted by Gasteiger charge is -2.39. The van der Waals surface area contributed by atoms with Crippen LogP contribution in [0.5, 0.6) is 0 Å². The van der Waals surface area contributed by atoms with Gasteiger partial charge in [-0.25, -0.2) is 0 Å². The first-order valence-electron chi connectivity index (χ1n) is 9.26. The molecule has 2 atom stereocenters. The lowest BCUT2D eigenvalue weighted by atomic mass is 9.86. The van der Waals surface area contributed by atoms with Crippen LogP contribution in [0.15, 0.2) is 54.9 Å². The number of piperidine rings is 1. The van der Waals surface area contributed by atoms with Gasteiger partial charge in [0.25, 0.3) is 0 Å². The SMILES string of the molecule is CCC(=O)N(c1ccccc1)C(Cc1cccnc1)C1CCCNC1. The van der Waals surface area contributed by atoms with E-state index in [4.69, 9.17) is 0 Å². The van der Waals surface area contributed by atoms with Gasteiger partial charge in [0, 0.05) is 30.5 Å². The van der Waals surface area contributed by atoms with E-state index in [1.807, 2.05) is 54.4 Å². The maximum atomic E-state index is 12.9. The first-order valence-corrected chi connectivity index (χ1v) is 9.26. The second-order valence-electron chi connectivity index (χ2n) is 6.69. The third-order valence-electron chi connectivity index (χ3n) is 4.98. The normalized spacial score (nSPS) is 18.5. The number of carbonyl (C=O) groups excluding carboxylic acids is 1. The van der Waals surface area contributed by atoms with Gasteiger partial charge in [-0.15, -0.1) is 0 Å². The molecule has 1 aromatic carbocycles. The number of nitrogens with zero attached hydrogens (tertiary/aromatic N) is 2. The van der Waals surface area contributed by atoms with Crippen molar-refractivity contribution in [3.63, 3.8) is 0 Å². The van der Waals surface area contributed by atoms with Gasteiger partial charge in [0.15, 0.2) is 0 Å². The van der Waals surface area contributed by atoms with Crippen molar-refractivity contribution in [1.82, 2.24) is 10.3 Å². The van der Waals surface area contributed by atoms with E-state index in [2.05, 4.69) is 16.4 Å². The summed E-state index contributed by atoms with van der Waals surface area (Å²) >= 11 is 0. The fourth-order valence-electron chi connectivity index (χ4n) is 3.72. The van der Waals surface area contributed by atoms with Crippen LogP contribution in [0, 0.1) is 5.92 Å². The van der Waals surface area contributed by atoms with Crippen molar-refractivity contribution in [2.24, 2.45) is 5.92 Å². The number of amides is 1. The molecule has 4 nitrogen and oxygen atoms in total. The molecule has 1 fully saturated rings. The Hall–Kier alpha value is -2.20. The molecule has 1 aromatic heterocycles. The van der Waals surface area contributed by atoms with Crippen LogP contribution < -0.4 is 10.2 Å². The largest absolute Gasteiger partial charge is 0.316 e. The number of rotatable bonds is 6. The van der Waals surface area contributed by atoms with Crippen LogP contribution in [0.1, 0.15) is 31.7 Å². The fraction of sp³-hybridized carbons (Fsp3) is 0.429. The Kier molecular flexibility index (Phi) is 6.18. The summed E-state index contributed by atoms with van der Waals surface area (Å²) in [6, 6.07) is 14.3. The van der Waals surface area contributed by atoms with Gasteiger partial charge in [0.1, 0.15) is 0 Å². The number of hydrogen-bond donors (Lipinski definition) is 1. The van der Waals surface area contributed by atoms with Crippen LogP contribution in [0.3, 0.4) is 0 Å². The molecule has 3 rings (SSSR count). The van der Waals surface area contributed by atoms with Crippen LogP contribution >= 0.6 is 0 Å². The predicted octanol–water partition coefficient (Wildman–Crippen LogP) is 3.44. The number of benzene rings is 1. The summed E-state index contributed by atoms with van der Waals surface area (Å²) in [6.07, 6.45) is 7.38. The molecule has 0 bridgehead atoms. The van der Waals surface area contributed by atoms with E-state index >= 15 is 0 Å². The molecule has 1 N–H and O–H groups in total. The van der Waals surface area contributed by atoms with E-state index < -0.39 is 0 Å². The van der Waals surface area contributed by atoms with Gasteiger partial charge in [-0.05, 0) is 62.0 Å². The van der Waals surface area contributed by atoms with Gasteiger partial charge in [-0.2, -0.15) is 0 Å². The minimum absolute atomic E-state index is 0.145. The minimum Gasteiger partial charge on any atom is -0.316 e. The van der Waals surface area contributed by atoms with Crippen LogP contribution in [-0.4, -0.2) is 30.0 Å². The second-order valence-corrected chi connectivity index (χ2v) is 6.69. The predicted molar refractivity (Wildman–Crippen MR) is 102 cm³/mol. The van der Waals surface area contributed by atoms with Crippen LogP contribution in [-0.2, 0) is 11.2 Å². The Morgan fingerprint density at radius 2 is 2.12 bits per heavy atom. The summed E-state index contributed by atoms with van der Waals surface area (Å²) in [4.78, 5) is 19.2. The average Bonchev–Trinajstić information content (AvgIpc) is 2.69. The highest BCUT2D eigenvalue weighted by Gasteiger charge is 2.32. The third-order valence-corrected chi connectivity index (χ3v) is 4.98. The summed E-state index contributed by atoms with van der Waals surface area (Å²) in [6.45, 7) is 3.98. The van der Waals surface area contributed by atoms with Crippen molar-refractivity contribution in [2.45, 2.75) is 38.6 Å². The van der Waals surface area contributed by atoms with Gasteiger partial charge in [0.2, 0.25) is 5.91 Å². The highest BCUT2D eigenvalue weighted by atomic mass is 16.2. The molecule has 0 aliphatic carbocycles. The van der Waals surface area contributed by atoms with E-state index in [0.717, 1.165) is 38.0 Å². The number of para-hydroxylation sites is 1. The van der Waals surface area contributed by atoms with Gasteiger partial charge >= 0.3 is 0 Å². The molecule has 1 amide bonds. The van der Waals surface area contributed by atoms with Crippen molar-refractivity contribution in [3.8, 4) is 0 Å². The van der Waals surface area contributed by atoms with Crippen molar-refractivity contribution >= 4 is 11.6 Å². The highest BCUT2D eigenvalue weighted by Crippen LogP contribution is 2.28. The quantitative estimate of drug-likeness (QED) is 0.878. The lowest BCUT2D eigenvalue weighted by Crippen LogP contribution is -2.50. The molecule has 0 radical (unpaired) electrons. The second kappa shape index (κ2) is 8.77. The van der Waals surface area contributed by atoms with Crippen molar-refractivity contribution in [3.05, 3.63) is 60.4 Å². The Morgan fingerprint density at radius 1 is 1.28 bits per heavy atom. The van der Waals surface area contributed by atoms with E-state index in [9.17, 15) is 4.79 Å². The zero-order valence-electron chi connectivity index (χ0n) is 14.9. The van der Waals surface area contributed by atoms with Crippen molar-refractivity contribution in [1.29, 1.82) is 0 Å². The minimum atomic E-state index is 0.145. The third kappa shape index (κ3) is 4.45. The fourth-order valence-corrected chi connectivity index (χ4v) is 3.72. The van der Waals surface area contributed by atoms with Crippen molar-refractivity contribution < 1.29 is 4.79 Å². The maximum Gasteiger partial charge on any atom is 0.226 e. The highest BCUT2D eigenvalue weighted by molar-refractivity contribution is 5.93. The molecule has 2 heterocycles. The standard InChI is InChI=1S/C21H27N3O/c1-2-21(25)24(19-10-4-3-5-11-19)20(18-9-7-13-23-16-18)14-17-8-6-12-22-15-17/h3-6,8,10-12,15,18,20,23H,2,7,9,13-14,16H2,1H3. The molecule has 1 saturated heterocycles. The van der Waals surface area contributed by atoms with E-state index in [1.165, 1.54) is 5.56 Å². The Balaban J connectivity index is 1.95. The first-order chi connectivity index (χ1) is 12.3. The summed E-state index contributed by atoms with van der Waals surface area (Å²) in [5, 5.41) is 3.51. The molecule has 25 heavy (non-hydrogen) atoms. The molecular weight excluding hydrogens is 310 g/mol. The van der Waals surface area contributed by atoms with E-state index in [0.29, 0.717) is 12.3 Å². The Labute approximate surface area is 150 Å². The smallest absolute Gasteiger partial charge is 0.226 e. The van der Waals surface area contributed by atoms with E-state index in [-0.39, 0.29) is 11.9 Å². The monoisotopic (exact) mass is 337 g/mol. The lowest BCUT2D eigenvalue weighted by molar-refractivity contribution is -0.119. The molecule has 0 spiro atoms. The average molecular weight is 337 g/mol. The molecule has 1 aliphatic heterocycles. The molecule has 2 unspecified atom stereocenters. The molecule has 2 aromatic rings. The summed E-state index contributed by atoms with van der Waals surface area (Å²) in [5.41, 5.74) is 2.18. The molecule has 4 heteroatoms. The number of hydrogen-bond acceptors (Lipinski definition) is 3.